The number of aliphatic imine (C=N–C) groups is 1. The molecule has 1 nitrogen and oxygen atoms in total. The molecule has 16 heavy (non-hydrogen) atoms. The minimum Gasteiger partial charge on any atom is -0.293 e. The quantitative estimate of drug-likeness (QED) is 0.705. The predicted octanol–water partition coefficient (Wildman–Crippen LogP) is 3.66. The van der Waals surface area contributed by atoms with Gasteiger partial charge in [-0.25, -0.2) is 0 Å². The van der Waals surface area contributed by atoms with Crippen LogP contribution < -0.4 is 0 Å². The van der Waals surface area contributed by atoms with Crippen molar-refractivity contribution < 1.29 is 0 Å². The zero-order valence-corrected chi connectivity index (χ0v) is 9.43. The first-order valence-corrected chi connectivity index (χ1v) is 5.45. The van der Waals surface area contributed by atoms with Crippen LogP contribution in [0.15, 0.2) is 65.2 Å². The van der Waals surface area contributed by atoms with E-state index in [4.69, 9.17) is 0 Å². The minimum absolute atomic E-state index is 0.944. The van der Waals surface area contributed by atoms with Crippen LogP contribution in [0.25, 0.3) is 6.08 Å². The molecule has 1 heteroatoms. The molecule has 0 saturated heterocycles. The lowest BCUT2D eigenvalue weighted by Gasteiger charge is -2.04. The molecule has 0 unspecified atom stereocenters. The van der Waals surface area contributed by atoms with Gasteiger partial charge in [-0.15, -0.1) is 0 Å². The molecule has 1 aromatic rings. The van der Waals surface area contributed by atoms with Crippen molar-refractivity contribution in [1.82, 2.24) is 0 Å². The molecule has 0 heterocycles. The molecule has 0 N–H and O–H groups in total. The third kappa shape index (κ3) is 2.80. The molecule has 0 saturated carbocycles. The van der Waals surface area contributed by atoms with Gasteiger partial charge in [0, 0.05) is 19.2 Å². The van der Waals surface area contributed by atoms with Crippen LogP contribution in [-0.4, -0.2) is 12.8 Å². The van der Waals surface area contributed by atoms with Crippen LogP contribution >= 0.6 is 0 Å². The number of nitrogens with zero attached hydrogens (tertiary/aromatic N) is 1. The van der Waals surface area contributed by atoms with E-state index in [9.17, 15) is 0 Å². The van der Waals surface area contributed by atoms with E-state index in [1.54, 1.807) is 0 Å². The maximum atomic E-state index is 4.21. The topological polar surface area (TPSA) is 12.4 Å². The maximum Gasteiger partial charge on any atom is 0.0388 e. The van der Waals surface area contributed by atoms with E-state index in [0.717, 1.165) is 12.1 Å². The summed E-state index contributed by atoms with van der Waals surface area (Å²) in [6.07, 6.45) is 11.6. The first-order valence-electron chi connectivity index (χ1n) is 5.45. The van der Waals surface area contributed by atoms with Gasteiger partial charge in [-0.1, -0.05) is 54.6 Å². The van der Waals surface area contributed by atoms with Crippen LogP contribution in [0, 0.1) is 0 Å². The van der Waals surface area contributed by atoms with Gasteiger partial charge < -0.3 is 0 Å². The van der Waals surface area contributed by atoms with E-state index >= 15 is 0 Å². The van der Waals surface area contributed by atoms with Crippen molar-refractivity contribution in [3.63, 3.8) is 0 Å². The number of allylic oxidation sites excluding steroid dienone is 5. The Hall–Kier alpha value is -1.89. The van der Waals surface area contributed by atoms with Crippen molar-refractivity contribution in [2.75, 3.05) is 7.05 Å². The van der Waals surface area contributed by atoms with E-state index in [0.29, 0.717) is 0 Å². The van der Waals surface area contributed by atoms with E-state index in [-0.39, 0.29) is 0 Å². The number of hydrogen-bond acceptors (Lipinski definition) is 1. The zero-order chi connectivity index (χ0) is 11.2. The zero-order valence-electron chi connectivity index (χ0n) is 9.43. The third-order valence-electron chi connectivity index (χ3n) is 2.53. The van der Waals surface area contributed by atoms with Crippen LogP contribution in [0.2, 0.25) is 0 Å². The highest BCUT2D eigenvalue weighted by Crippen LogP contribution is 2.11. The van der Waals surface area contributed by atoms with Gasteiger partial charge in [-0.3, -0.25) is 4.99 Å². The molecule has 0 spiro atoms. The monoisotopic (exact) mass is 209 g/mol. The highest BCUT2D eigenvalue weighted by Gasteiger charge is 1.98. The molecule has 0 atom stereocenters. The van der Waals surface area contributed by atoms with Crippen molar-refractivity contribution in [3.8, 4) is 0 Å². The summed E-state index contributed by atoms with van der Waals surface area (Å²) < 4.78 is 0. The summed E-state index contributed by atoms with van der Waals surface area (Å²) in [7, 11) is 1.84. The summed E-state index contributed by atoms with van der Waals surface area (Å²) in [4.78, 5) is 4.21. The van der Waals surface area contributed by atoms with Crippen molar-refractivity contribution in [2.45, 2.75) is 6.42 Å². The molecule has 0 amide bonds. The minimum atomic E-state index is 0.944. The summed E-state index contributed by atoms with van der Waals surface area (Å²) in [6, 6.07) is 10.3. The van der Waals surface area contributed by atoms with Crippen molar-refractivity contribution in [1.29, 1.82) is 0 Å². The van der Waals surface area contributed by atoms with Gasteiger partial charge in [0.1, 0.15) is 0 Å². The Morgan fingerprint density at radius 2 is 1.94 bits per heavy atom. The van der Waals surface area contributed by atoms with Gasteiger partial charge in [0.15, 0.2) is 0 Å². The van der Waals surface area contributed by atoms with Gasteiger partial charge in [0.05, 0.1) is 0 Å². The second kappa shape index (κ2) is 5.26. The highest BCUT2D eigenvalue weighted by atomic mass is 14.7. The molecule has 0 bridgehead atoms. The van der Waals surface area contributed by atoms with E-state index in [1.807, 2.05) is 25.2 Å². The Bertz CT molecular complexity index is 461. The second-order valence-corrected chi connectivity index (χ2v) is 3.71. The Morgan fingerprint density at radius 1 is 1.12 bits per heavy atom. The Morgan fingerprint density at radius 3 is 2.69 bits per heavy atom. The van der Waals surface area contributed by atoms with Crippen LogP contribution in [0.1, 0.15) is 12.0 Å². The van der Waals surface area contributed by atoms with Crippen LogP contribution in [0.5, 0.6) is 0 Å². The summed E-state index contributed by atoms with van der Waals surface area (Å²) in [6.45, 7) is 0. The average Bonchev–Trinajstić information content (AvgIpc) is 2.38. The van der Waals surface area contributed by atoms with E-state index in [2.05, 4.69) is 47.5 Å². The average molecular weight is 209 g/mol. The lowest BCUT2D eigenvalue weighted by molar-refractivity contribution is 1.34. The summed E-state index contributed by atoms with van der Waals surface area (Å²) in [5.74, 6) is 0. The summed E-state index contributed by atoms with van der Waals surface area (Å²) in [5.41, 5.74) is 3.56. The molecule has 1 aromatic carbocycles. The van der Waals surface area contributed by atoms with Gasteiger partial charge in [0.2, 0.25) is 0 Å². The normalized spacial score (nSPS) is 18.1. The fourth-order valence-electron chi connectivity index (χ4n) is 1.63. The predicted molar refractivity (Wildman–Crippen MR) is 70.7 cm³/mol. The van der Waals surface area contributed by atoms with Gasteiger partial charge in [0.25, 0.3) is 0 Å². The van der Waals surface area contributed by atoms with Crippen LogP contribution in [0.3, 0.4) is 0 Å². The van der Waals surface area contributed by atoms with Gasteiger partial charge in [-0.05, 0) is 17.2 Å². The molecule has 2 rings (SSSR count). The summed E-state index contributed by atoms with van der Waals surface area (Å²) >= 11 is 0. The Labute approximate surface area is 96.5 Å². The number of rotatable bonds is 2. The fourth-order valence-corrected chi connectivity index (χ4v) is 1.63. The first kappa shape index (κ1) is 10.6. The molecular formula is C15H15N. The largest absolute Gasteiger partial charge is 0.293 e. The highest BCUT2D eigenvalue weighted by molar-refractivity contribution is 5.98. The lowest BCUT2D eigenvalue weighted by Crippen LogP contribution is -1.96. The third-order valence-corrected chi connectivity index (χ3v) is 2.53. The van der Waals surface area contributed by atoms with Gasteiger partial charge in [-0.2, -0.15) is 0 Å². The van der Waals surface area contributed by atoms with Gasteiger partial charge >= 0.3 is 0 Å². The standard InChI is InChI=1S/C15H15N/c1-16-15-9-5-8-14(12-15)11-10-13-6-3-2-4-7-13/h2-8,10-12H,9H2,1H3. The maximum absolute atomic E-state index is 4.21. The molecule has 0 radical (unpaired) electrons. The van der Waals surface area contributed by atoms with Crippen LogP contribution in [-0.2, 0) is 0 Å². The summed E-state index contributed by atoms with van der Waals surface area (Å²) in [5, 5.41) is 0. The fraction of sp³-hybridized carbons (Fsp3) is 0.133. The number of benzene rings is 1. The molecule has 80 valence electrons. The molecular weight excluding hydrogens is 194 g/mol. The Balaban J connectivity index is 2.13. The van der Waals surface area contributed by atoms with Crippen LogP contribution in [0.4, 0.5) is 0 Å². The number of hydrogen-bond donors (Lipinski definition) is 0. The lowest BCUT2D eigenvalue weighted by atomic mass is 10.0. The molecule has 0 aromatic heterocycles. The van der Waals surface area contributed by atoms with Crippen molar-refractivity contribution in [2.24, 2.45) is 4.99 Å². The smallest absolute Gasteiger partial charge is 0.0388 e. The van der Waals surface area contributed by atoms with Crippen molar-refractivity contribution >= 4 is 11.8 Å². The molecule has 0 fully saturated rings. The van der Waals surface area contributed by atoms with E-state index < -0.39 is 0 Å². The molecule has 1 aliphatic rings. The Kier molecular flexibility index (Phi) is 3.50. The SMILES string of the molecule is CN=C1C=C(C=Cc2ccccc2)C=CC1. The van der Waals surface area contributed by atoms with E-state index in [1.165, 1.54) is 11.1 Å². The second-order valence-electron chi connectivity index (χ2n) is 3.71. The van der Waals surface area contributed by atoms with Crippen molar-refractivity contribution in [3.05, 3.63) is 65.8 Å². The molecule has 1 aliphatic carbocycles. The first-order chi connectivity index (χ1) is 7.88. The molecule has 0 aliphatic heterocycles.